The highest BCUT2D eigenvalue weighted by molar-refractivity contribution is 5.78. The predicted molar refractivity (Wildman–Crippen MR) is 106 cm³/mol. The zero-order chi connectivity index (χ0) is 20.9. The number of piperazine rings is 1. The van der Waals surface area contributed by atoms with Crippen LogP contribution in [0.5, 0.6) is 0 Å². The molecule has 3 rings (SSSR count). The second-order valence-electron chi connectivity index (χ2n) is 7.55. The molecule has 0 bridgehead atoms. The minimum Gasteiger partial charge on any atom is -0.352 e. The van der Waals surface area contributed by atoms with Gasteiger partial charge in [0.05, 0.1) is 12.0 Å². The first-order valence-electron chi connectivity index (χ1n) is 9.71. The normalized spacial score (nSPS) is 16.0. The summed E-state index contributed by atoms with van der Waals surface area (Å²) >= 11 is 0. The molecule has 0 radical (unpaired) electrons. The fourth-order valence-electron chi connectivity index (χ4n) is 3.41. The quantitative estimate of drug-likeness (QED) is 0.801. The first-order chi connectivity index (χ1) is 13.8. The second-order valence-corrected chi connectivity index (χ2v) is 7.55. The van der Waals surface area contributed by atoms with E-state index in [4.69, 9.17) is 0 Å². The largest absolute Gasteiger partial charge is 0.416 e. The van der Waals surface area contributed by atoms with Gasteiger partial charge in [-0.3, -0.25) is 9.69 Å². The summed E-state index contributed by atoms with van der Waals surface area (Å²) in [7, 11) is 2.13. The molecule has 4 nitrogen and oxygen atoms in total. The fourth-order valence-corrected chi connectivity index (χ4v) is 3.41. The lowest BCUT2D eigenvalue weighted by atomic mass is 10.1. The van der Waals surface area contributed by atoms with E-state index >= 15 is 0 Å². The first-order valence-corrected chi connectivity index (χ1v) is 9.71. The highest BCUT2D eigenvalue weighted by Crippen LogP contribution is 2.29. The number of hydrogen-bond acceptors (Lipinski definition) is 3. The monoisotopic (exact) mass is 405 g/mol. The van der Waals surface area contributed by atoms with E-state index in [0.29, 0.717) is 12.1 Å². The summed E-state index contributed by atoms with van der Waals surface area (Å²) in [6.07, 6.45) is -4.48. The summed E-state index contributed by atoms with van der Waals surface area (Å²) in [6.45, 7) is 5.42. The Morgan fingerprint density at radius 1 is 0.966 bits per heavy atom. The summed E-state index contributed by atoms with van der Waals surface area (Å²) in [5, 5.41) is 2.80. The minimum atomic E-state index is -4.41. The Kier molecular flexibility index (Phi) is 6.92. The zero-order valence-electron chi connectivity index (χ0n) is 16.5. The van der Waals surface area contributed by atoms with Crippen molar-refractivity contribution in [2.75, 3.05) is 33.2 Å². The number of halogens is 3. The molecule has 0 atom stereocenters. The average Bonchev–Trinajstić information content (AvgIpc) is 2.68. The van der Waals surface area contributed by atoms with Crippen LogP contribution in [0.25, 0.3) is 0 Å². The van der Waals surface area contributed by atoms with Crippen LogP contribution in [-0.2, 0) is 30.5 Å². The molecule has 1 aliphatic rings. The number of nitrogens with zero attached hydrogens (tertiary/aromatic N) is 2. The molecule has 0 aromatic heterocycles. The van der Waals surface area contributed by atoms with Crippen molar-refractivity contribution in [1.29, 1.82) is 0 Å². The molecule has 1 fully saturated rings. The van der Waals surface area contributed by atoms with Gasteiger partial charge in [0.1, 0.15) is 0 Å². The van der Waals surface area contributed by atoms with Crippen molar-refractivity contribution < 1.29 is 18.0 Å². The fraction of sp³-hybridized carbons (Fsp3) is 0.409. The van der Waals surface area contributed by atoms with Crippen LogP contribution in [0, 0.1) is 0 Å². The molecule has 2 aromatic rings. The molecule has 29 heavy (non-hydrogen) atoms. The summed E-state index contributed by atoms with van der Waals surface area (Å²) in [6, 6.07) is 13.0. The molecule has 0 saturated carbocycles. The number of carbonyl (C=O) groups is 1. The van der Waals surface area contributed by atoms with Crippen LogP contribution >= 0.6 is 0 Å². The topological polar surface area (TPSA) is 35.6 Å². The van der Waals surface area contributed by atoms with Crippen molar-refractivity contribution >= 4 is 5.91 Å². The third kappa shape index (κ3) is 6.58. The van der Waals surface area contributed by atoms with Gasteiger partial charge in [0.25, 0.3) is 0 Å². The van der Waals surface area contributed by atoms with Crippen molar-refractivity contribution in [1.82, 2.24) is 15.1 Å². The molecule has 1 saturated heterocycles. The Morgan fingerprint density at radius 3 is 2.34 bits per heavy atom. The van der Waals surface area contributed by atoms with Gasteiger partial charge in [0.2, 0.25) is 5.91 Å². The standard InChI is InChI=1S/C22H26F3N3O/c1-27-8-10-28(11-9-27)16-19-6-2-5-18(12-19)15-26-21(29)14-17-4-3-7-20(13-17)22(23,24)25/h2-7,12-13H,8-11,14-16H2,1H3,(H,26,29). The van der Waals surface area contributed by atoms with Crippen LogP contribution in [0.1, 0.15) is 22.3 Å². The van der Waals surface area contributed by atoms with E-state index in [0.717, 1.165) is 50.4 Å². The van der Waals surface area contributed by atoms with E-state index in [1.807, 2.05) is 12.1 Å². The lowest BCUT2D eigenvalue weighted by Crippen LogP contribution is -2.43. The van der Waals surface area contributed by atoms with Crippen molar-refractivity contribution in [2.45, 2.75) is 25.7 Å². The Bertz CT molecular complexity index is 830. The predicted octanol–water partition coefficient (Wildman–Crippen LogP) is 3.31. The molecule has 156 valence electrons. The second kappa shape index (κ2) is 9.41. The third-order valence-electron chi connectivity index (χ3n) is 5.10. The van der Waals surface area contributed by atoms with Gasteiger partial charge in [-0.15, -0.1) is 0 Å². The average molecular weight is 405 g/mol. The molecule has 0 spiro atoms. The molecule has 1 N–H and O–H groups in total. The van der Waals surface area contributed by atoms with Gasteiger partial charge in [-0.1, -0.05) is 42.5 Å². The van der Waals surface area contributed by atoms with Gasteiger partial charge in [-0.2, -0.15) is 13.2 Å². The van der Waals surface area contributed by atoms with Gasteiger partial charge in [0.15, 0.2) is 0 Å². The summed E-state index contributed by atoms with van der Waals surface area (Å²) in [5.41, 5.74) is 1.79. The molecule has 0 unspecified atom stereocenters. The number of rotatable bonds is 6. The number of likely N-dealkylation sites (N-methyl/N-ethyl adjacent to an activating group) is 1. The zero-order valence-corrected chi connectivity index (χ0v) is 16.5. The Balaban J connectivity index is 1.51. The molecule has 7 heteroatoms. The Hall–Kier alpha value is -2.38. The Morgan fingerprint density at radius 2 is 1.62 bits per heavy atom. The van der Waals surface area contributed by atoms with Crippen LogP contribution < -0.4 is 5.32 Å². The van der Waals surface area contributed by atoms with E-state index in [2.05, 4.69) is 34.3 Å². The van der Waals surface area contributed by atoms with E-state index in [-0.39, 0.29) is 12.3 Å². The summed E-state index contributed by atoms with van der Waals surface area (Å²) in [5.74, 6) is -0.297. The molecular formula is C22H26F3N3O. The van der Waals surface area contributed by atoms with Gasteiger partial charge in [-0.05, 0) is 29.8 Å². The van der Waals surface area contributed by atoms with Gasteiger partial charge < -0.3 is 10.2 Å². The van der Waals surface area contributed by atoms with E-state index in [1.54, 1.807) is 0 Å². The molecular weight excluding hydrogens is 379 g/mol. The number of amides is 1. The lowest BCUT2D eigenvalue weighted by Gasteiger charge is -2.32. The van der Waals surface area contributed by atoms with Gasteiger partial charge in [0, 0.05) is 39.3 Å². The van der Waals surface area contributed by atoms with Crippen LogP contribution in [-0.4, -0.2) is 48.9 Å². The maximum absolute atomic E-state index is 12.8. The van der Waals surface area contributed by atoms with Crippen molar-refractivity contribution in [3.05, 3.63) is 70.8 Å². The highest BCUT2D eigenvalue weighted by Gasteiger charge is 2.30. The number of carbonyl (C=O) groups excluding carboxylic acids is 1. The molecule has 2 aromatic carbocycles. The maximum Gasteiger partial charge on any atom is 0.416 e. The summed E-state index contributed by atoms with van der Waals surface area (Å²) in [4.78, 5) is 16.9. The van der Waals surface area contributed by atoms with Gasteiger partial charge >= 0.3 is 6.18 Å². The Labute approximate surface area is 169 Å². The molecule has 1 aliphatic heterocycles. The highest BCUT2D eigenvalue weighted by atomic mass is 19.4. The SMILES string of the molecule is CN1CCN(Cc2cccc(CNC(=O)Cc3cccc(C(F)(F)F)c3)c2)CC1. The first kappa shape index (κ1) is 21.3. The van der Waals surface area contributed by atoms with E-state index in [9.17, 15) is 18.0 Å². The van der Waals surface area contributed by atoms with Crippen LogP contribution in [0.15, 0.2) is 48.5 Å². The van der Waals surface area contributed by atoms with Gasteiger partial charge in [-0.25, -0.2) is 0 Å². The number of alkyl halides is 3. The molecule has 0 aliphatic carbocycles. The van der Waals surface area contributed by atoms with E-state index < -0.39 is 11.7 Å². The smallest absolute Gasteiger partial charge is 0.352 e. The van der Waals surface area contributed by atoms with Crippen LogP contribution in [0.3, 0.4) is 0 Å². The lowest BCUT2D eigenvalue weighted by molar-refractivity contribution is -0.137. The number of nitrogens with one attached hydrogen (secondary N) is 1. The van der Waals surface area contributed by atoms with Crippen LogP contribution in [0.2, 0.25) is 0 Å². The number of hydrogen-bond donors (Lipinski definition) is 1. The molecule has 1 amide bonds. The molecule has 1 heterocycles. The van der Waals surface area contributed by atoms with E-state index in [1.165, 1.54) is 17.7 Å². The van der Waals surface area contributed by atoms with Crippen molar-refractivity contribution in [3.63, 3.8) is 0 Å². The van der Waals surface area contributed by atoms with Crippen molar-refractivity contribution in [3.8, 4) is 0 Å². The summed E-state index contributed by atoms with van der Waals surface area (Å²) < 4.78 is 38.4. The third-order valence-corrected chi connectivity index (χ3v) is 5.10. The minimum absolute atomic E-state index is 0.0785. The maximum atomic E-state index is 12.8. The van der Waals surface area contributed by atoms with Crippen LogP contribution in [0.4, 0.5) is 13.2 Å². The number of benzene rings is 2. The van der Waals surface area contributed by atoms with Crippen molar-refractivity contribution in [2.24, 2.45) is 0 Å².